The lowest BCUT2D eigenvalue weighted by atomic mass is 10.1. The Balaban J connectivity index is 2.06. The van der Waals surface area contributed by atoms with E-state index in [9.17, 15) is 9.59 Å². The first-order valence-corrected chi connectivity index (χ1v) is 9.12. The first-order chi connectivity index (χ1) is 11.6. The number of thiocarbonyl (C=S) groups is 1. The SMILES string of the molecule is C=CCN1C(=O)C(=C2SC(=S)N(CCCC)C2=O)c2ccccc21. The van der Waals surface area contributed by atoms with Crippen LogP contribution >= 0.6 is 24.0 Å². The van der Waals surface area contributed by atoms with Crippen molar-refractivity contribution in [1.29, 1.82) is 0 Å². The van der Waals surface area contributed by atoms with Crippen LogP contribution in [-0.4, -0.2) is 34.1 Å². The number of carbonyl (C=O) groups excluding carboxylic acids is 2. The highest BCUT2D eigenvalue weighted by Crippen LogP contribution is 2.44. The van der Waals surface area contributed by atoms with Crippen LogP contribution in [-0.2, 0) is 9.59 Å². The Kier molecular flexibility index (Phi) is 4.87. The van der Waals surface area contributed by atoms with Crippen molar-refractivity contribution in [2.45, 2.75) is 19.8 Å². The number of unbranched alkanes of at least 4 members (excludes halogenated alkanes) is 1. The van der Waals surface area contributed by atoms with Gasteiger partial charge in [0.1, 0.15) is 4.32 Å². The van der Waals surface area contributed by atoms with Gasteiger partial charge in [0.25, 0.3) is 11.8 Å². The third kappa shape index (κ3) is 2.70. The lowest BCUT2D eigenvalue weighted by Gasteiger charge is -2.14. The van der Waals surface area contributed by atoms with Gasteiger partial charge < -0.3 is 4.90 Å². The van der Waals surface area contributed by atoms with Gasteiger partial charge in [-0.25, -0.2) is 0 Å². The molecule has 124 valence electrons. The Hall–Kier alpha value is -1.92. The van der Waals surface area contributed by atoms with E-state index in [-0.39, 0.29) is 11.8 Å². The van der Waals surface area contributed by atoms with Crippen molar-refractivity contribution in [3.63, 3.8) is 0 Å². The van der Waals surface area contributed by atoms with Gasteiger partial charge in [0.05, 0.1) is 16.2 Å². The summed E-state index contributed by atoms with van der Waals surface area (Å²) in [7, 11) is 0. The predicted molar refractivity (Wildman–Crippen MR) is 103 cm³/mol. The van der Waals surface area contributed by atoms with Crippen LogP contribution in [0.1, 0.15) is 25.3 Å². The molecular weight excluding hydrogens is 340 g/mol. The number of anilines is 1. The van der Waals surface area contributed by atoms with Crippen LogP contribution in [0.2, 0.25) is 0 Å². The molecule has 3 rings (SSSR count). The average Bonchev–Trinajstić information content (AvgIpc) is 3.01. The van der Waals surface area contributed by atoms with Gasteiger partial charge in [0, 0.05) is 18.7 Å². The molecule has 2 aliphatic rings. The van der Waals surface area contributed by atoms with Crippen molar-refractivity contribution in [1.82, 2.24) is 4.90 Å². The molecule has 0 saturated carbocycles. The summed E-state index contributed by atoms with van der Waals surface area (Å²) in [5.74, 6) is -0.316. The van der Waals surface area contributed by atoms with Crippen LogP contribution < -0.4 is 4.90 Å². The predicted octanol–water partition coefficient (Wildman–Crippen LogP) is 3.59. The Morgan fingerprint density at radius 2 is 1.96 bits per heavy atom. The second-order valence-electron chi connectivity index (χ2n) is 5.60. The normalized spacial score (nSPS) is 20.1. The largest absolute Gasteiger partial charge is 0.304 e. The zero-order valence-corrected chi connectivity index (χ0v) is 15.1. The molecule has 1 aromatic rings. The number of nitrogens with zero attached hydrogens (tertiary/aromatic N) is 2. The molecule has 2 amide bonds. The maximum absolute atomic E-state index is 12.9. The molecule has 0 radical (unpaired) electrons. The fraction of sp³-hybridized carbons (Fsp3) is 0.278. The van der Waals surface area contributed by atoms with Crippen LogP contribution in [0.15, 0.2) is 41.8 Å². The number of fused-ring (bicyclic) bond motifs is 1. The Bertz CT molecular complexity index is 770. The summed E-state index contributed by atoms with van der Waals surface area (Å²) in [6.45, 7) is 6.80. The van der Waals surface area contributed by atoms with E-state index < -0.39 is 0 Å². The van der Waals surface area contributed by atoms with Crippen LogP contribution in [0.5, 0.6) is 0 Å². The molecule has 6 heteroatoms. The Morgan fingerprint density at radius 1 is 1.21 bits per heavy atom. The van der Waals surface area contributed by atoms with Gasteiger partial charge in [0.2, 0.25) is 0 Å². The molecule has 0 N–H and O–H groups in total. The van der Waals surface area contributed by atoms with E-state index in [2.05, 4.69) is 13.5 Å². The summed E-state index contributed by atoms with van der Waals surface area (Å²) in [5.41, 5.74) is 2.07. The fourth-order valence-electron chi connectivity index (χ4n) is 2.87. The van der Waals surface area contributed by atoms with E-state index in [1.165, 1.54) is 11.8 Å². The van der Waals surface area contributed by atoms with Gasteiger partial charge >= 0.3 is 0 Å². The first kappa shape index (κ1) is 16.9. The molecule has 1 saturated heterocycles. The number of hydrogen-bond acceptors (Lipinski definition) is 4. The minimum Gasteiger partial charge on any atom is -0.304 e. The quantitative estimate of drug-likeness (QED) is 0.458. The molecule has 1 fully saturated rings. The van der Waals surface area contributed by atoms with Crippen molar-refractivity contribution >= 4 is 51.4 Å². The minimum absolute atomic E-state index is 0.156. The van der Waals surface area contributed by atoms with Crippen molar-refractivity contribution in [2.75, 3.05) is 18.0 Å². The van der Waals surface area contributed by atoms with Crippen LogP contribution in [0.4, 0.5) is 5.69 Å². The molecular formula is C18H18N2O2S2. The lowest BCUT2D eigenvalue weighted by Crippen LogP contribution is -2.30. The van der Waals surface area contributed by atoms with Gasteiger partial charge in [-0.05, 0) is 12.5 Å². The molecule has 0 aromatic heterocycles. The number of carbonyl (C=O) groups is 2. The molecule has 1 aromatic carbocycles. The van der Waals surface area contributed by atoms with Gasteiger partial charge in [-0.3, -0.25) is 14.5 Å². The molecule has 4 nitrogen and oxygen atoms in total. The number of benzene rings is 1. The summed E-state index contributed by atoms with van der Waals surface area (Å²) < 4.78 is 0.531. The summed E-state index contributed by atoms with van der Waals surface area (Å²) in [4.78, 5) is 29.4. The summed E-state index contributed by atoms with van der Waals surface area (Å²) >= 11 is 6.59. The average molecular weight is 358 g/mol. The van der Waals surface area contributed by atoms with Gasteiger partial charge in [0.15, 0.2) is 0 Å². The number of thioether (sulfide) groups is 1. The topological polar surface area (TPSA) is 40.6 Å². The second-order valence-corrected chi connectivity index (χ2v) is 7.25. The van der Waals surface area contributed by atoms with Gasteiger partial charge in [-0.15, -0.1) is 6.58 Å². The third-order valence-electron chi connectivity index (χ3n) is 4.05. The number of rotatable bonds is 5. The van der Waals surface area contributed by atoms with E-state index in [4.69, 9.17) is 12.2 Å². The third-order valence-corrected chi connectivity index (χ3v) is 5.49. The fourth-order valence-corrected chi connectivity index (χ4v) is 4.25. The summed E-state index contributed by atoms with van der Waals surface area (Å²) in [6, 6.07) is 7.53. The highest BCUT2D eigenvalue weighted by Gasteiger charge is 2.41. The van der Waals surface area contributed by atoms with E-state index in [0.29, 0.717) is 27.9 Å². The Labute approximate surface area is 151 Å². The molecule has 0 bridgehead atoms. The summed E-state index contributed by atoms with van der Waals surface area (Å²) in [5, 5.41) is 0. The van der Waals surface area contributed by atoms with Crippen molar-refractivity contribution < 1.29 is 9.59 Å². The lowest BCUT2D eigenvalue weighted by molar-refractivity contribution is -0.122. The highest BCUT2D eigenvalue weighted by atomic mass is 32.2. The van der Waals surface area contributed by atoms with E-state index in [0.717, 1.165) is 24.1 Å². The van der Waals surface area contributed by atoms with Gasteiger partial charge in [-0.1, -0.05) is 61.6 Å². The zero-order valence-electron chi connectivity index (χ0n) is 13.4. The van der Waals surface area contributed by atoms with Crippen molar-refractivity contribution in [2.24, 2.45) is 0 Å². The number of amides is 2. The van der Waals surface area contributed by atoms with Crippen LogP contribution in [0.25, 0.3) is 5.57 Å². The first-order valence-electron chi connectivity index (χ1n) is 7.90. The zero-order chi connectivity index (χ0) is 17.3. The smallest absolute Gasteiger partial charge is 0.267 e. The van der Waals surface area contributed by atoms with Crippen LogP contribution in [0.3, 0.4) is 0 Å². The van der Waals surface area contributed by atoms with Crippen molar-refractivity contribution in [3.05, 3.63) is 47.4 Å². The van der Waals surface area contributed by atoms with Crippen molar-refractivity contribution in [3.8, 4) is 0 Å². The minimum atomic E-state index is -0.160. The maximum Gasteiger partial charge on any atom is 0.267 e. The molecule has 0 aliphatic carbocycles. The molecule has 0 atom stereocenters. The molecule has 2 heterocycles. The van der Waals surface area contributed by atoms with E-state index in [1.807, 2.05) is 24.3 Å². The molecule has 2 aliphatic heterocycles. The molecule has 0 unspecified atom stereocenters. The second kappa shape index (κ2) is 6.91. The van der Waals surface area contributed by atoms with E-state index in [1.54, 1.807) is 15.9 Å². The Morgan fingerprint density at radius 3 is 2.67 bits per heavy atom. The number of para-hydroxylation sites is 1. The van der Waals surface area contributed by atoms with Crippen LogP contribution in [0, 0.1) is 0 Å². The monoisotopic (exact) mass is 358 g/mol. The van der Waals surface area contributed by atoms with E-state index >= 15 is 0 Å². The summed E-state index contributed by atoms with van der Waals surface area (Å²) in [6.07, 6.45) is 3.56. The maximum atomic E-state index is 12.9. The van der Waals surface area contributed by atoms with Gasteiger partial charge in [-0.2, -0.15) is 0 Å². The highest BCUT2D eigenvalue weighted by molar-refractivity contribution is 8.26. The molecule has 24 heavy (non-hydrogen) atoms. The molecule has 0 spiro atoms. The number of hydrogen-bond donors (Lipinski definition) is 0. The standard InChI is InChI=1S/C18H18N2O2S2/c1-3-5-11-20-17(22)15(24-18(20)23)14-12-8-6-7-9-13(12)19(10-4-2)16(14)21/h4,6-9H,2-3,5,10-11H2,1H3.